The maximum atomic E-state index is 11.6. The van der Waals surface area contributed by atoms with Gasteiger partial charge in [0.1, 0.15) is 5.75 Å². The van der Waals surface area contributed by atoms with Gasteiger partial charge in [0.2, 0.25) is 0 Å². The van der Waals surface area contributed by atoms with Crippen LogP contribution in [0.15, 0.2) is 17.2 Å². The lowest BCUT2D eigenvalue weighted by Gasteiger charge is -2.19. The number of hydrogen-bond donors (Lipinski definition) is 1. The molecule has 1 aliphatic rings. The van der Waals surface area contributed by atoms with Gasteiger partial charge in [0.05, 0.1) is 12.7 Å². The largest absolute Gasteiger partial charge is 0.496 e. The quantitative estimate of drug-likeness (QED) is 0.479. The Morgan fingerprint density at radius 2 is 2.35 bits per heavy atom. The maximum Gasteiger partial charge on any atom is 0.252 e. The first kappa shape index (κ1) is 11.4. The molecule has 0 unspecified atom stereocenters. The van der Waals surface area contributed by atoms with E-state index in [-0.39, 0.29) is 0 Å². The molecule has 1 amide bonds. The van der Waals surface area contributed by atoms with Crippen LogP contribution in [0.3, 0.4) is 0 Å². The Kier molecular flexibility index (Phi) is 3.27. The minimum Gasteiger partial charge on any atom is -0.496 e. The molecule has 0 spiro atoms. The van der Waals surface area contributed by atoms with Gasteiger partial charge in [0.15, 0.2) is 0 Å². The summed E-state index contributed by atoms with van der Waals surface area (Å²) in [5, 5.41) is 6.31. The number of hydrogen-bond acceptors (Lipinski definition) is 3. The van der Waals surface area contributed by atoms with E-state index < -0.39 is 5.91 Å². The second-order valence-electron chi connectivity index (χ2n) is 3.74. The molecule has 88 valence electrons. The molecule has 0 bridgehead atoms. The molecule has 1 aliphatic heterocycles. The molecule has 17 heavy (non-hydrogen) atoms. The number of carbonyl (C=O) groups excluding carboxylic acids is 1. The molecular formula is C11H12N4O2. The predicted octanol–water partition coefficient (Wildman–Crippen LogP) is 1.79. The van der Waals surface area contributed by atoms with Crippen molar-refractivity contribution < 1.29 is 9.53 Å². The van der Waals surface area contributed by atoms with E-state index in [1.165, 1.54) is 7.11 Å². The molecule has 1 aromatic rings. The van der Waals surface area contributed by atoms with Crippen LogP contribution in [-0.2, 0) is 13.0 Å². The average molecular weight is 232 g/mol. The Labute approximate surface area is 98.2 Å². The van der Waals surface area contributed by atoms with E-state index >= 15 is 0 Å². The van der Waals surface area contributed by atoms with Crippen molar-refractivity contribution in [2.24, 2.45) is 5.11 Å². The molecule has 0 aliphatic carbocycles. The van der Waals surface area contributed by atoms with Gasteiger partial charge in [-0.15, -0.1) is 0 Å². The van der Waals surface area contributed by atoms with Crippen LogP contribution in [-0.4, -0.2) is 19.6 Å². The van der Waals surface area contributed by atoms with Gasteiger partial charge in [-0.3, -0.25) is 4.79 Å². The van der Waals surface area contributed by atoms with Crippen LogP contribution in [0.5, 0.6) is 5.75 Å². The molecule has 1 N–H and O–H groups in total. The third-order valence-electron chi connectivity index (χ3n) is 2.77. The zero-order valence-electron chi connectivity index (χ0n) is 9.43. The highest BCUT2D eigenvalue weighted by molar-refractivity contribution is 5.97. The smallest absolute Gasteiger partial charge is 0.252 e. The Morgan fingerprint density at radius 1 is 1.53 bits per heavy atom. The number of rotatable bonds is 2. The summed E-state index contributed by atoms with van der Waals surface area (Å²) in [6, 6.07) is 3.58. The van der Waals surface area contributed by atoms with E-state index in [1.807, 2.05) is 6.07 Å². The monoisotopic (exact) mass is 232 g/mol. The first-order chi connectivity index (χ1) is 8.26. The van der Waals surface area contributed by atoms with E-state index in [0.29, 0.717) is 11.3 Å². The summed E-state index contributed by atoms with van der Waals surface area (Å²) in [6.07, 6.45) is 0.904. The number of methoxy groups -OCH3 is 1. The summed E-state index contributed by atoms with van der Waals surface area (Å²) in [5.41, 5.74) is 10.8. The molecule has 0 atom stereocenters. The molecule has 1 aromatic carbocycles. The molecule has 0 fully saturated rings. The standard InChI is InChI=1S/C11H12N4O2/c1-17-10-5-7-2-3-13-6-8(7)4-9(10)11(16)14-15-12/h4-5,13H,2-3,6H2,1H3. The van der Waals surface area contributed by atoms with Crippen LogP contribution in [0.2, 0.25) is 0 Å². The number of amides is 1. The molecular weight excluding hydrogens is 220 g/mol. The Bertz CT molecular complexity index is 506. The van der Waals surface area contributed by atoms with E-state index in [4.69, 9.17) is 10.3 Å². The summed E-state index contributed by atoms with van der Waals surface area (Å²) >= 11 is 0. The van der Waals surface area contributed by atoms with Crippen LogP contribution in [0.25, 0.3) is 10.4 Å². The van der Waals surface area contributed by atoms with Gasteiger partial charge in [0.25, 0.3) is 5.91 Å². The fourth-order valence-electron chi connectivity index (χ4n) is 1.94. The third kappa shape index (κ3) is 2.22. The molecule has 0 radical (unpaired) electrons. The lowest BCUT2D eigenvalue weighted by atomic mass is 9.97. The topological polar surface area (TPSA) is 87.1 Å². The van der Waals surface area contributed by atoms with Crippen molar-refractivity contribution in [1.82, 2.24) is 5.32 Å². The SMILES string of the molecule is COc1cc2c(cc1C(=O)N=[N+]=[N-])CNCC2. The van der Waals surface area contributed by atoms with Crippen LogP contribution < -0.4 is 10.1 Å². The maximum absolute atomic E-state index is 11.6. The third-order valence-corrected chi connectivity index (χ3v) is 2.77. The summed E-state index contributed by atoms with van der Waals surface area (Å²) in [7, 11) is 1.50. The number of ether oxygens (including phenoxy) is 1. The fourth-order valence-corrected chi connectivity index (χ4v) is 1.94. The van der Waals surface area contributed by atoms with Crippen molar-refractivity contribution >= 4 is 5.91 Å². The van der Waals surface area contributed by atoms with Gasteiger partial charge in [-0.05, 0) is 46.9 Å². The summed E-state index contributed by atoms with van der Waals surface area (Å²) in [5.74, 6) is -0.152. The van der Waals surface area contributed by atoms with Crippen molar-refractivity contribution in [2.45, 2.75) is 13.0 Å². The second kappa shape index (κ2) is 4.86. The van der Waals surface area contributed by atoms with Gasteiger partial charge in [-0.2, -0.15) is 0 Å². The molecule has 1 heterocycles. The Morgan fingerprint density at radius 3 is 3.06 bits per heavy atom. The number of nitrogens with one attached hydrogen (secondary N) is 1. The second-order valence-corrected chi connectivity index (χ2v) is 3.74. The zero-order chi connectivity index (χ0) is 12.3. The van der Waals surface area contributed by atoms with E-state index in [9.17, 15) is 4.79 Å². The number of azide groups is 1. The summed E-state index contributed by atoms with van der Waals surface area (Å²) in [6.45, 7) is 1.63. The van der Waals surface area contributed by atoms with Crippen molar-refractivity contribution in [3.8, 4) is 5.75 Å². The highest BCUT2D eigenvalue weighted by Gasteiger charge is 2.17. The van der Waals surface area contributed by atoms with Gasteiger partial charge in [0, 0.05) is 11.5 Å². The number of fused-ring (bicyclic) bond motifs is 1. The molecule has 6 heteroatoms. The minimum absolute atomic E-state index is 0.313. The lowest BCUT2D eigenvalue weighted by molar-refractivity contribution is 0.0997. The van der Waals surface area contributed by atoms with Crippen LogP contribution in [0, 0.1) is 0 Å². The van der Waals surface area contributed by atoms with Crippen molar-refractivity contribution in [2.75, 3.05) is 13.7 Å². The highest BCUT2D eigenvalue weighted by Crippen LogP contribution is 2.26. The molecule has 6 nitrogen and oxygen atoms in total. The van der Waals surface area contributed by atoms with Crippen molar-refractivity contribution in [3.05, 3.63) is 39.3 Å². The van der Waals surface area contributed by atoms with Crippen LogP contribution >= 0.6 is 0 Å². The summed E-state index contributed by atoms with van der Waals surface area (Å²) in [4.78, 5) is 14.1. The normalized spacial score (nSPS) is 13.5. The number of nitrogens with zero attached hydrogens (tertiary/aromatic N) is 3. The first-order valence-corrected chi connectivity index (χ1v) is 5.26. The van der Waals surface area contributed by atoms with Gasteiger partial charge < -0.3 is 10.1 Å². The van der Waals surface area contributed by atoms with Crippen molar-refractivity contribution in [1.29, 1.82) is 0 Å². The van der Waals surface area contributed by atoms with E-state index in [1.54, 1.807) is 6.07 Å². The van der Waals surface area contributed by atoms with E-state index in [2.05, 4.69) is 15.3 Å². The van der Waals surface area contributed by atoms with Gasteiger partial charge >= 0.3 is 0 Å². The van der Waals surface area contributed by atoms with Crippen molar-refractivity contribution in [3.63, 3.8) is 0 Å². The zero-order valence-corrected chi connectivity index (χ0v) is 9.43. The molecule has 0 saturated carbocycles. The van der Waals surface area contributed by atoms with E-state index in [0.717, 1.165) is 30.6 Å². The fraction of sp³-hybridized carbons (Fsp3) is 0.364. The number of carbonyl (C=O) groups is 1. The molecule has 0 saturated heterocycles. The number of benzene rings is 1. The highest BCUT2D eigenvalue weighted by atomic mass is 16.5. The van der Waals surface area contributed by atoms with Gasteiger partial charge in [-0.1, -0.05) is 0 Å². The Hall–Kier alpha value is -2.04. The molecule has 0 aromatic heterocycles. The lowest BCUT2D eigenvalue weighted by Crippen LogP contribution is -2.24. The Balaban J connectivity index is 2.50. The summed E-state index contributed by atoms with van der Waals surface area (Å²) < 4.78 is 5.15. The van der Waals surface area contributed by atoms with Crippen LogP contribution in [0.4, 0.5) is 0 Å². The average Bonchev–Trinajstić information content (AvgIpc) is 2.37. The van der Waals surface area contributed by atoms with Gasteiger partial charge in [-0.25, -0.2) is 0 Å². The van der Waals surface area contributed by atoms with Crippen LogP contribution in [0.1, 0.15) is 21.5 Å². The minimum atomic E-state index is -0.613. The first-order valence-electron chi connectivity index (χ1n) is 5.26. The predicted molar refractivity (Wildman–Crippen MR) is 61.9 cm³/mol. The molecule has 2 rings (SSSR count).